The maximum Gasteiger partial charge on any atom is 0.321 e. The molecule has 0 spiro atoms. The molecule has 3 amide bonds. The van der Waals surface area contributed by atoms with Crippen molar-refractivity contribution < 1.29 is 14.3 Å². The minimum Gasteiger partial charge on any atom is -0.497 e. The van der Waals surface area contributed by atoms with Gasteiger partial charge in [-0.05, 0) is 79.1 Å². The Kier molecular flexibility index (Phi) is 7.68. The zero-order chi connectivity index (χ0) is 27.4. The van der Waals surface area contributed by atoms with Crippen LogP contribution < -0.4 is 10.1 Å². The van der Waals surface area contributed by atoms with Gasteiger partial charge in [0, 0.05) is 43.2 Å². The first-order valence-corrected chi connectivity index (χ1v) is 13.3. The third-order valence-corrected chi connectivity index (χ3v) is 7.32. The van der Waals surface area contributed by atoms with E-state index in [1.54, 1.807) is 12.0 Å². The Balaban J connectivity index is 1.34. The van der Waals surface area contributed by atoms with Crippen molar-refractivity contribution >= 4 is 17.6 Å². The highest BCUT2D eigenvalue weighted by atomic mass is 16.5. The van der Waals surface area contributed by atoms with Crippen molar-refractivity contribution in [3.05, 3.63) is 102 Å². The summed E-state index contributed by atoms with van der Waals surface area (Å²) in [6.07, 6.45) is 0.913. The van der Waals surface area contributed by atoms with E-state index in [9.17, 15) is 9.59 Å². The highest BCUT2D eigenvalue weighted by Crippen LogP contribution is 2.31. The fourth-order valence-electron chi connectivity index (χ4n) is 5.06. The van der Waals surface area contributed by atoms with Crippen LogP contribution in [0.25, 0.3) is 16.9 Å². The van der Waals surface area contributed by atoms with Gasteiger partial charge in [-0.2, -0.15) is 0 Å². The third-order valence-electron chi connectivity index (χ3n) is 7.32. The number of carbonyl (C=O) groups excluding carboxylic acids is 2. The molecule has 7 nitrogen and oxygen atoms in total. The molecule has 2 heterocycles. The molecular formula is C32H34N4O3. The first-order valence-electron chi connectivity index (χ1n) is 13.3. The molecule has 7 heteroatoms. The lowest BCUT2D eigenvalue weighted by Gasteiger charge is -2.34. The second-order valence-electron chi connectivity index (χ2n) is 9.69. The van der Waals surface area contributed by atoms with Gasteiger partial charge in [0.25, 0.3) is 5.91 Å². The molecule has 200 valence electrons. The zero-order valence-electron chi connectivity index (χ0n) is 22.7. The molecule has 5 rings (SSSR count). The summed E-state index contributed by atoms with van der Waals surface area (Å²) in [6.45, 7) is 6.00. The number of anilines is 1. The van der Waals surface area contributed by atoms with Crippen LogP contribution in [0.1, 0.15) is 28.5 Å². The van der Waals surface area contributed by atoms with Gasteiger partial charge in [0.05, 0.1) is 18.4 Å². The van der Waals surface area contributed by atoms with Crippen LogP contribution in [0.2, 0.25) is 0 Å². The quantitative estimate of drug-likeness (QED) is 0.337. The minimum atomic E-state index is -0.136. The van der Waals surface area contributed by atoms with Crippen molar-refractivity contribution in [3.63, 3.8) is 0 Å². The first-order chi connectivity index (χ1) is 19.0. The van der Waals surface area contributed by atoms with Crippen LogP contribution in [-0.2, 0) is 6.42 Å². The Morgan fingerprint density at radius 1 is 0.846 bits per heavy atom. The number of nitrogens with zero attached hydrogens (tertiary/aromatic N) is 3. The number of aromatic nitrogens is 1. The number of methoxy groups -OCH3 is 1. The molecule has 0 aliphatic carbocycles. The van der Waals surface area contributed by atoms with Gasteiger partial charge >= 0.3 is 6.03 Å². The highest BCUT2D eigenvalue weighted by molar-refractivity contribution is 5.97. The van der Waals surface area contributed by atoms with Crippen LogP contribution in [0.3, 0.4) is 0 Å². The molecule has 0 radical (unpaired) electrons. The lowest BCUT2D eigenvalue weighted by atomic mass is 10.1. The summed E-state index contributed by atoms with van der Waals surface area (Å²) in [4.78, 5) is 30.3. The Bertz CT molecular complexity index is 1450. The summed E-state index contributed by atoms with van der Waals surface area (Å²) < 4.78 is 7.46. The summed E-state index contributed by atoms with van der Waals surface area (Å²) in [5.41, 5.74) is 6.45. The number of amides is 3. The lowest BCUT2D eigenvalue weighted by molar-refractivity contribution is 0.0671. The molecular weight excluding hydrogens is 488 g/mol. The highest BCUT2D eigenvalue weighted by Gasteiger charge is 2.28. The summed E-state index contributed by atoms with van der Waals surface area (Å²) in [5, 5.41) is 3.00. The Labute approximate surface area is 229 Å². The Hall–Kier alpha value is -4.52. The summed E-state index contributed by atoms with van der Waals surface area (Å²) >= 11 is 0. The maximum atomic E-state index is 13.8. The van der Waals surface area contributed by atoms with Crippen molar-refractivity contribution in [2.75, 3.05) is 38.6 Å². The zero-order valence-corrected chi connectivity index (χ0v) is 22.7. The number of rotatable bonds is 6. The number of hydrogen-bond donors (Lipinski definition) is 1. The summed E-state index contributed by atoms with van der Waals surface area (Å²) in [5.74, 6) is 0.761. The summed E-state index contributed by atoms with van der Waals surface area (Å²) in [6, 6.07) is 27.7. The van der Waals surface area contributed by atoms with Crippen LogP contribution in [-0.4, -0.2) is 59.6 Å². The van der Waals surface area contributed by atoms with E-state index in [2.05, 4.69) is 16.8 Å². The average Bonchev–Trinajstić information content (AvgIpc) is 3.34. The molecule has 1 N–H and O–H groups in total. The van der Waals surface area contributed by atoms with E-state index in [0.717, 1.165) is 40.5 Å². The average molecular weight is 523 g/mol. The van der Waals surface area contributed by atoms with Gasteiger partial charge < -0.3 is 24.4 Å². The van der Waals surface area contributed by atoms with Gasteiger partial charge in [-0.15, -0.1) is 0 Å². The number of ether oxygens (including phenoxy) is 1. The standard InChI is InChI=1S/C32H34N4O3/c1-4-24-9-8-10-26(21-24)33-32(38)35-19-17-34(18-20-35)31(37)29-22-30(25-13-15-28(39-3)16-14-25)36(23(29)2)27-11-6-5-7-12-27/h5-16,21-22H,4,17-20H2,1-3H3,(H,33,38). The van der Waals surface area contributed by atoms with Crippen molar-refractivity contribution in [3.8, 4) is 22.7 Å². The molecule has 0 bridgehead atoms. The molecule has 39 heavy (non-hydrogen) atoms. The normalized spacial score (nSPS) is 13.3. The Morgan fingerprint density at radius 3 is 2.21 bits per heavy atom. The molecule has 1 saturated heterocycles. The fourth-order valence-corrected chi connectivity index (χ4v) is 5.06. The predicted molar refractivity (Wildman–Crippen MR) is 155 cm³/mol. The molecule has 3 aromatic carbocycles. The number of piperazine rings is 1. The van der Waals surface area contributed by atoms with E-state index in [1.807, 2.05) is 96.8 Å². The molecule has 1 aromatic heterocycles. The van der Waals surface area contributed by atoms with Gasteiger partial charge in [0.1, 0.15) is 5.75 Å². The van der Waals surface area contributed by atoms with Crippen LogP contribution in [0.15, 0.2) is 84.9 Å². The Morgan fingerprint density at radius 2 is 1.54 bits per heavy atom. The van der Waals surface area contributed by atoms with Crippen LogP contribution >= 0.6 is 0 Å². The van der Waals surface area contributed by atoms with E-state index in [-0.39, 0.29) is 11.9 Å². The number of benzene rings is 3. The number of nitrogens with one attached hydrogen (secondary N) is 1. The second-order valence-corrected chi connectivity index (χ2v) is 9.69. The topological polar surface area (TPSA) is 66.8 Å². The van der Waals surface area contributed by atoms with Crippen molar-refractivity contribution in [2.24, 2.45) is 0 Å². The number of urea groups is 1. The largest absolute Gasteiger partial charge is 0.497 e. The molecule has 0 atom stereocenters. The van der Waals surface area contributed by atoms with E-state index in [4.69, 9.17) is 4.74 Å². The monoisotopic (exact) mass is 522 g/mol. The molecule has 0 unspecified atom stereocenters. The van der Waals surface area contributed by atoms with Crippen LogP contribution in [0.4, 0.5) is 10.5 Å². The lowest BCUT2D eigenvalue weighted by Crippen LogP contribution is -2.51. The number of carbonyl (C=O) groups is 2. The van der Waals surface area contributed by atoms with Crippen LogP contribution in [0, 0.1) is 6.92 Å². The van der Waals surface area contributed by atoms with E-state index in [0.29, 0.717) is 31.7 Å². The smallest absolute Gasteiger partial charge is 0.321 e. The molecule has 0 saturated carbocycles. The summed E-state index contributed by atoms with van der Waals surface area (Å²) in [7, 11) is 1.65. The predicted octanol–water partition coefficient (Wildman–Crippen LogP) is 6.01. The molecule has 1 fully saturated rings. The van der Waals surface area contributed by atoms with Gasteiger partial charge in [-0.3, -0.25) is 4.79 Å². The number of aryl methyl sites for hydroxylation is 1. The van der Waals surface area contributed by atoms with Crippen molar-refractivity contribution in [1.82, 2.24) is 14.4 Å². The first kappa shape index (κ1) is 26.1. The van der Waals surface area contributed by atoms with Gasteiger partial charge in [-0.1, -0.05) is 37.3 Å². The van der Waals surface area contributed by atoms with Crippen molar-refractivity contribution in [1.29, 1.82) is 0 Å². The van der Waals surface area contributed by atoms with Gasteiger partial charge in [0.2, 0.25) is 0 Å². The minimum absolute atomic E-state index is 0.0207. The van der Waals surface area contributed by atoms with Gasteiger partial charge in [-0.25, -0.2) is 4.79 Å². The maximum absolute atomic E-state index is 13.8. The molecule has 1 aliphatic rings. The second kappa shape index (κ2) is 11.5. The van der Waals surface area contributed by atoms with Gasteiger partial charge in [0.15, 0.2) is 0 Å². The fraction of sp³-hybridized carbons (Fsp3) is 0.250. The van der Waals surface area contributed by atoms with E-state index in [1.165, 1.54) is 5.56 Å². The van der Waals surface area contributed by atoms with E-state index >= 15 is 0 Å². The van der Waals surface area contributed by atoms with Crippen molar-refractivity contribution in [2.45, 2.75) is 20.3 Å². The number of para-hydroxylation sites is 1. The van der Waals surface area contributed by atoms with Crippen LogP contribution in [0.5, 0.6) is 5.75 Å². The third kappa shape index (κ3) is 5.53. The van der Waals surface area contributed by atoms with E-state index < -0.39 is 0 Å². The number of hydrogen-bond acceptors (Lipinski definition) is 3. The molecule has 1 aliphatic heterocycles. The SMILES string of the molecule is CCc1cccc(NC(=O)N2CCN(C(=O)c3cc(-c4ccc(OC)cc4)n(-c4ccccc4)c3C)CC2)c1. The molecule has 4 aromatic rings.